The van der Waals surface area contributed by atoms with Crippen LogP contribution >= 0.6 is 0 Å². The average molecular weight is 199 g/mol. The van der Waals surface area contributed by atoms with Crippen molar-refractivity contribution in [1.29, 1.82) is 0 Å². The zero-order valence-electron chi connectivity index (χ0n) is 9.36. The maximum atomic E-state index is 11.7. The zero-order chi connectivity index (χ0) is 10.7. The van der Waals surface area contributed by atoms with E-state index in [2.05, 4.69) is 0 Å². The zero-order valence-corrected chi connectivity index (χ0v) is 9.36. The molecule has 0 spiro atoms. The average Bonchev–Trinajstić information content (AvgIpc) is 2.12. The van der Waals surface area contributed by atoms with Crippen molar-refractivity contribution in [2.75, 3.05) is 13.1 Å². The molecule has 1 rings (SSSR count). The largest absolute Gasteiger partial charge is 0.391 e. The van der Waals surface area contributed by atoms with Gasteiger partial charge in [-0.05, 0) is 18.8 Å². The molecule has 2 atom stereocenters. The number of piperidine rings is 1. The standard InChI is InChI=1S/C11H21NO2/c1-8(2)10(13)7-12-6-4-5-9(3)11(12)14/h8-10,13H,4-7H2,1-3H3. The Hall–Kier alpha value is -0.570. The maximum absolute atomic E-state index is 11.7. The van der Waals surface area contributed by atoms with E-state index in [0.29, 0.717) is 6.54 Å². The highest BCUT2D eigenvalue weighted by atomic mass is 16.3. The second-order valence-electron chi connectivity index (χ2n) is 4.64. The fourth-order valence-corrected chi connectivity index (χ4v) is 1.75. The van der Waals surface area contributed by atoms with Crippen LogP contribution in [0.4, 0.5) is 0 Å². The first-order valence-electron chi connectivity index (χ1n) is 5.49. The van der Waals surface area contributed by atoms with Crippen LogP contribution in [-0.2, 0) is 4.79 Å². The number of aliphatic hydroxyl groups is 1. The lowest BCUT2D eigenvalue weighted by Crippen LogP contribution is -2.45. The van der Waals surface area contributed by atoms with Gasteiger partial charge in [0.1, 0.15) is 0 Å². The molecule has 0 bridgehead atoms. The monoisotopic (exact) mass is 199 g/mol. The van der Waals surface area contributed by atoms with E-state index in [1.165, 1.54) is 0 Å². The van der Waals surface area contributed by atoms with Crippen LogP contribution in [0.5, 0.6) is 0 Å². The fraction of sp³-hybridized carbons (Fsp3) is 0.909. The summed E-state index contributed by atoms with van der Waals surface area (Å²) in [6.45, 7) is 7.23. The van der Waals surface area contributed by atoms with E-state index >= 15 is 0 Å². The predicted molar refractivity (Wildman–Crippen MR) is 55.8 cm³/mol. The molecule has 3 nitrogen and oxygen atoms in total. The molecular weight excluding hydrogens is 178 g/mol. The molecule has 1 fully saturated rings. The summed E-state index contributed by atoms with van der Waals surface area (Å²) in [5, 5.41) is 9.69. The van der Waals surface area contributed by atoms with Gasteiger partial charge < -0.3 is 10.0 Å². The van der Waals surface area contributed by atoms with Crippen LogP contribution in [-0.4, -0.2) is 35.1 Å². The highest BCUT2D eigenvalue weighted by Crippen LogP contribution is 2.18. The first-order valence-corrected chi connectivity index (χ1v) is 5.49. The number of rotatable bonds is 3. The Balaban J connectivity index is 2.47. The first-order chi connectivity index (χ1) is 6.52. The number of carbonyl (C=O) groups excluding carboxylic acids is 1. The van der Waals surface area contributed by atoms with Crippen LogP contribution in [0.3, 0.4) is 0 Å². The van der Waals surface area contributed by atoms with Crippen LogP contribution in [0, 0.1) is 11.8 Å². The van der Waals surface area contributed by atoms with E-state index in [1.807, 2.05) is 20.8 Å². The Morgan fingerprint density at radius 1 is 1.57 bits per heavy atom. The Bertz CT molecular complexity index is 203. The number of β-amino-alcohol motifs (C(OH)–C–C–N with tert-alkyl or cyclic N) is 1. The lowest BCUT2D eigenvalue weighted by atomic mass is 9.98. The van der Waals surface area contributed by atoms with E-state index in [0.717, 1.165) is 19.4 Å². The second-order valence-corrected chi connectivity index (χ2v) is 4.64. The van der Waals surface area contributed by atoms with Gasteiger partial charge in [0.2, 0.25) is 5.91 Å². The number of amides is 1. The fourth-order valence-electron chi connectivity index (χ4n) is 1.75. The van der Waals surface area contributed by atoms with Gasteiger partial charge >= 0.3 is 0 Å². The third kappa shape index (κ3) is 2.71. The van der Waals surface area contributed by atoms with E-state index in [4.69, 9.17) is 0 Å². The van der Waals surface area contributed by atoms with Crippen molar-refractivity contribution in [3.63, 3.8) is 0 Å². The summed E-state index contributed by atoms with van der Waals surface area (Å²) in [5.74, 6) is 0.569. The molecule has 0 saturated carbocycles. The molecule has 82 valence electrons. The van der Waals surface area contributed by atoms with Crippen molar-refractivity contribution in [3.05, 3.63) is 0 Å². The summed E-state index contributed by atoms with van der Waals surface area (Å²) < 4.78 is 0. The lowest BCUT2D eigenvalue weighted by molar-refractivity contribution is -0.139. The van der Waals surface area contributed by atoms with Gasteiger partial charge in [-0.3, -0.25) is 4.79 Å². The highest BCUT2D eigenvalue weighted by molar-refractivity contribution is 5.79. The quantitative estimate of drug-likeness (QED) is 0.743. The smallest absolute Gasteiger partial charge is 0.225 e. The van der Waals surface area contributed by atoms with Crippen LogP contribution < -0.4 is 0 Å². The molecule has 1 aliphatic rings. The summed E-state index contributed by atoms with van der Waals surface area (Å²) in [5.41, 5.74) is 0. The molecule has 1 saturated heterocycles. The molecule has 1 aliphatic heterocycles. The molecule has 14 heavy (non-hydrogen) atoms. The van der Waals surface area contributed by atoms with Gasteiger partial charge in [-0.2, -0.15) is 0 Å². The van der Waals surface area contributed by atoms with Crippen LogP contribution in [0.25, 0.3) is 0 Å². The normalized spacial score (nSPS) is 25.6. The molecular formula is C11H21NO2. The molecule has 0 aromatic carbocycles. The Morgan fingerprint density at radius 3 is 2.79 bits per heavy atom. The second kappa shape index (κ2) is 4.78. The van der Waals surface area contributed by atoms with Gasteiger partial charge in [0.05, 0.1) is 6.10 Å². The summed E-state index contributed by atoms with van der Waals surface area (Å²) >= 11 is 0. The molecule has 3 heteroatoms. The number of hydrogen-bond acceptors (Lipinski definition) is 2. The van der Waals surface area contributed by atoms with E-state index in [9.17, 15) is 9.90 Å². The minimum atomic E-state index is -0.385. The summed E-state index contributed by atoms with van der Waals surface area (Å²) in [4.78, 5) is 13.5. The summed E-state index contributed by atoms with van der Waals surface area (Å²) in [6.07, 6.45) is 1.68. The van der Waals surface area contributed by atoms with Crippen LogP contribution in [0.2, 0.25) is 0 Å². The van der Waals surface area contributed by atoms with Gasteiger partial charge in [-0.15, -0.1) is 0 Å². The Morgan fingerprint density at radius 2 is 2.21 bits per heavy atom. The van der Waals surface area contributed by atoms with Crippen molar-refractivity contribution in [2.45, 2.75) is 39.7 Å². The molecule has 0 aromatic rings. The number of likely N-dealkylation sites (tertiary alicyclic amines) is 1. The number of aliphatic hydroxyl groups excluding tert-OH is 1. The molecule has 1 heterocycles. The van der Waals surface area contributed by atoms with Gasteiger partial charge in [-0.1, -0.05) is 20.8 Å². The third-order valence-electron chi connectivity index (χ3n) is 2.98. The summed E-state index contributed by atoms with van der Waals surface area (Å²) in [7, 11) is 0. The van der Waals surface area contributed by atoms with Crippen molar-refractivity contribution in [3.8, 4) is 0 Å². The minimum absolute atomic E-state index is 0.142. The van der Waals surface area contributed by atoms with E-state index in [1.54, 1.807) is 4.90 Å². The molecule has 1 amide bonds. The third-order valence-corrected chi connectivity index (χ3v) is 2.98. The van der Waals surface area contributed by atoms with Crippen molar-refractivity contribution < 1.29 is 9.90 Å². The van der Waals surface area contributed by atoms with Crippen LogP contribution in [0.1, 0.15) is 33.6 Å². The highest BCUT2D eigenvalue weighted by Gasteiger charge is 2.27. The van der Waals surface area contributed by atoms with Crippen molar-refractivity contribution in [2.24, 2.45) is 11.8 Å². The van der Waals surface area contributed by atoms with Crippen molar-refractivity contribution >= 4 is 5.91 Å². The van der Waals surface area contributed by atoms with Gasteiger partial charge in [0, 0.05) is 19.0 Å². The van der Waals surface area contributed by atoms with Gasteiger partial charge in [-0.25, -0.2) is 0 Å². The molecule has 0 aliphatic carbocycles. The topological polar surface area (TPSA) is 40.5 Å². The summed E-state index contributed by atoms with van der Waals surface area (Å²) in [6, 6.07) is 0. The lowest BCUT2D eigenvalue weighted by Gasteiger charge is -2.33. The predicted octanol–water partition coefficient (Wildman–Crippen LogP) is 1.26. The van der Waals surface area contributed by atoms with Crippen molar-refractivity contribution in [1.82, 2.24) is 4.90 Å². The number of nitrogens with zero attached hydrogens (tertiary/aromatic N) is 1. The molecule has 0 radical (unpaired) electrons. The van der Waals surface area contributed by atoms with Crippen LogP contribution in [0.15, 0.2) is 0 Å². The Kier molecular flexibility index (Phi) is 3.93. The first kappa shape index (κ1) is 11.5. The number of hydrogen-bond donors (Lipinski definition) is 1. The van der Waals surface area contributed by atoms with E-state index < -0.39 is 0 Å². The van der Waals surface area contributed by atoms with Gasteiger partial charge in [0.15, 0.2) is 0 Å². The molecule has 2 unspecified atom stereocenters. The minimum Gasteiger partial charge on any atom is -0.391 e. The van der Waals surface area contributed by atoms with Gasteiger partial charge in [0.25, 0.3) is 0 Å². The Labute approximate surface area is 86.1 Å². The number of carbonyl (C=O) groups is 1. The maximum Gasteiger partial charge on any atom is 0.225 e. The molecule has 1 N–H and O–H groups in total. The molecule has 0 aromatic heterocycles. The van der Waals surface area contributed by atoms with E-state index in [-0.39, 0.29) is 23.8 Å². The SMILES string of the molecule is CC1CCCN(CC(O)C(C)C)C1=O.